The Bertz CT molecular complexity index is 1250. The van der Waals surface area contributed by atoms with E-state index in [0.29, 0.717) is 34.2 Å². The lowest BCUT2D eigenvalue weighted by molar-refractivity contribution is 0.102. The van der Waals surface area contributed by atoms with E-state index in [1.54, 1.807) is 25.1 Å². The van der Waals surface area contributed by atoms with Gasteiger partial charge in [0, 0.05) is 29.7 Å². The minimum absolute atomic E-state index is 0.162. The number of hydrogen-bond donors (Lipinski definition) is 1. The molecule has 1 saturated heterocycles. The van der Waals surface area contributed by atoms with Crippen LogP contribution in [0.4, 0.5) is 10.1 Å². The summed E-state index contributed by atoms with van der Waals surface area (Å²) in [5.41, 5.74) is 0.965. The first-order valence-electron chi connectivity index (χ1n) is 9.91. The van der Waals surface area contributed by atoms with Crippen LogP contribution in [-0.2, 0) is 10.0 Å². The summed E-state index contributed by atoms with van der Waals surface area (Å²) in [6, 6.07) is 10.3. The third kappa shape index (κ3) is 4.68. The zero-order valence-electron chi connectivity index (χ0n) is 17.1. The molecule has 0 spiro atoms. The minimum atomic E-state index is -3.71. The molecular formula is C21H20ClFN4O3S2. The smallest absolute Gasteiger partial charge is 0.286 e. The number of piperidine rings is 1. The number of rotatable bonds is 5. The number of hydrogen-bond acceptors (Lipinski definition) is 6. The maximum absolute atomic E-state index is 13.2. The van der Waals surface area contributed by atoms with Crippen LogP contribution in [0.25, 0.3) is 0 Å². The molecule has 0 saturated carbocycles. The van der Waals surface area contributed by atoms with Crippen molar-refractivity contribution >= 4 is 44.6 Å². The first-order chi connectivity index (χ1) is 15.3. The van der Waals surface area contributed by atoms with E-state index in [4.69, 9.17) is 11.6 Å². The van der Waals surface area contributed by atoms with Crippen LogP contribution < -0.4 is 5.32 Å². The average Bonchev–Trinajstić information content (AvgIpc) is 3.28. The van der Waals surface area contributed by atoms with Gasteiger partial charge in [0.2, 0.25) is 15.0 Å². The predicted octanol–water partition coefficient (Wildman–Crippen LogP) is 4.46. The van der Waals surface area contributed by atoms with Crippen molar-refractivity contribution in [1.82, 2.24) is 14.5 Å². The molecule has 1 atom stereocenters. The summed E-state index contributed by atoms with van der Waals surface area (Å²) < 4.78 is 40.9. The molecule has 1 aliphatic heterocycles. The molecule has 3 aromatic rings. The van der Waals surface area contributed by atoms with Gasteiger partial charge in [-0.05, 0) is 61.7 Å². The highest BCUT2D eigenvalue weighted by molar-refractivity contribution is 7.89. The zero-order chi connectivity index (χ0) is 22.9. The second-order valence-corrected chi connectivity index (χ2v) is 10.8. The van der Waals surface area contributed by atoms with E-state index >= 15 is 0 Å². The number of carbonyl (C=O) groups excluding carboxylic acids is 1. The van der Waals surface area contributed by atoms with Gasteiger partial charge in [-0.25, -0.2) is 12.8 Å². The van der Waals surface area contributed by atoms with Crippen molar-refractivity contribution in [3.63, 3.8) is 0 Å². The van der Waals surface area contributed by atoms with Gasteiger partial charge in [-0.3, -0.25) is 4.79 Å². The first kappa shape index (κ1) is 22.8. The highest BCUT2D eigenvalue weighted by Gasteiger charge is 2.33. The summed E-state index contributed by atoms with van der Waals surface area (Å²) in [5.74, 6) is -1.01. The van der Waals surface area contributed by atoms with Crippen LogP contribution >= 0.6 is 22.9 Å². The number of nitrogens with one attached hydrogen (secondary N) is 1. The van der Waals surface area contributed by atoms with Gasteiger partial charge < -0.3 is 5.32 Å². The van der Waals surface area contributed by atoms with Crippen LogP contribution in [0.5, 0.6) is 0 Å². The highest BCUT2D eigenvalue weighted by Crippen LogP contribution is 2.33. The van der Waals surface area contributed by atoms with E-state index in [9.17, 15) is 17.6 Å². The van der Waals surface area contributed by atoms with Crippen LogP contribution in [0.15, 0.2) is 47.4 Å². The number of nitrogens with zero attached hydrogens (tertiary/aromatic N) is 3. The first-order valence-corrected chi connectivity index (χ1v) is 12.5. The van der Waals surface area contributed by atoms with Gasteiger partial charge >= 0.3 is 0 Å². The maximum Gasteiger partial charge on any atom is 0.286 e. The lowest BCUT2D eigenvalue weighted by Gasteiger charge is -2.31. The van der Waals surface area contributed by atoms with Gasteiger partial charge in [-0.1, -0.05) is 29.0 Å². The standard InChI is InChI=1S/C21H20ClFN4O3S2/c1-13-17(22)5-2-6-18(13)32(29,30)27-11-3-4-14(12-27)20-25-26-21(31-20)19(28)24-16-9-7-15(23)8-10-16/h2,5-10,14H,3-4,11-12H2,1H3,(H,24,28). The predicted molar refractivity (Wildman–Crippen MR) is 121 cm³/mol. The zero-order valence-corrected chi connectivity index (χ0v) is 19.5. The Hall–Kier alpha value is -2.40. The molecule has 32 heavy (non-hydrogen) atoms. The fraction of sp³-hybridized carbons (Fsp3) is 0.286. The Morgan fingerprint density at radius 1 is 1.22 bits per heavy atom. The molecule has 1 N–H and O–H groups in total. The Labute approximate surface area is 194 Å². The Morgan fingerprint density at radius 3 is 2.72 bits per heavy atom. The summed E-state index contributed by atoms with van der Waals surface area (Å²) in [6.07, 6.45) is 1.41. The van der Waals surface area contributed by atoms with Crippen LogP contribution in [0.2, 0.25) is 5.02 Å². The molecule has 7 nitrogen and oxygen atoms in total. The Morgan fingerprint density at radius 2 is 1.97 bits per heavy atom. The molecule has 1 aliphatic rings. The largest absolute Gasteiger partial charge is 0.320 e. The van der Waals surface area contributed by atoms with Crippen molar-refractivity contribution in [1.29, 1.82) is 0 Å². The molecule has 2 heterocycles. The third-order valence-electron chi connectivity index (χ3n) is 5.31. The van der Waals surface area contributed by atoms with Gasteiger partial charge in [0.05, 0.1) is 4.90 Å². The Kier molecular flexibility index (Phi) is 6.57. The van der Waals surface area contributed by atoms with Gasteiger partial charge in [0.1, 0.15) is 10.8 Å². The molecule has 1 aromatic heterocycles. The van der Waals surface area contributed by atoms with Crippen molar-refractivity contribution in [2.75, 3.05) is 18.4 Å². The monoisotopic (exact) mass is 494 g/mol. The van der Waals surface area contributed by atoms with Gasteiger partial charge in [-0.2, -0.15) is 4.31 Å². The van der Waals surface area contributed by atoms with Crippen LogP contribution in [-0.4, -0.2) is 41.9 Å². The number of anilines is 1. The van der Waals surface area contributed by atoms with Gasteiger partial charge in [-0.15, -0.1) is 10.2 Å². The minimum Gasteiger partial charge on any atom is -0.320 e. The lowest BCUT2D eigenvalue weighted by Crippen LogP contribution is -2.39. The molecular weight excluding hydrogens is 475 g/mol. The lowest BCUT2D eigenvalue weighted by atomic mass is 10.0. The van der Waals surface area contributed by atoms with Gasteiger partial charge in [0.15, 0.2) is 0 Å². The third-order valence-corrected chi connectivity index (χ3v) is 8.81. The molecule has 2 aromatic carbocycles. The number of sulfonamides is 1. The summed E-state index contributed by atoms with van der Waals surface area (Å²) in [7, 11) is -3.71. The number of benzene rings is 2. The number of carbonyl (C=O) groups is 1. The second kappa shape index (κ2) is 9.22. The van der Waals surface area contributed by atoms with Crippen molar-refractivity contribution in [2.45, 2.75) is 30.6 Å². The SMILES string of the molecule is Cc1c(Cl)cccc1S(=O)(=O)N1CCCC(c2nnc(C(=O)Nc3ccc(F)cc3)s2)C1. The van der Waals surface area contributed by atoms with E-state index in [0.717, 1.165) is 17.8 Å². The summed E-state index contributed by atoms with van der Waals surface area (Å²) in [6.45, 7) is 2.34. The topological polar surface area (TPSA) is 92.3 Å². The van der Waals surface area contributed by atoms with Crippen LogP contribution in [0.1, 0.15) is 39.1 Å². The molecule has 1 unspecified atom stereocenters. The molecule has 0 radical (unpaired) electrons. The number of amides is 1. The van der Waals surface area contributed by atoms with Gasteiger partial charge in [0.25, 0.3) is 5.91 Å². The normalized spacial score (nSPS) is 17.3. The Balaban J connectivity index is 1.49. The van der Waals surface area contributed by atoms with E-state index in [1.165, 1.54) is 28.6 Å². The number of aromatic nitrogens is 2. The van der Waals surface area contributed by atoms with E-state index < -0.39 is 21.7 Å². The number of halogens is 2. The molecule has 4 rings (SSSR count). The summed E-state index contributed by atoms with van der Waals surface area (Å²) >= 11 is 7.26. The fourth-order valence-electron chi connectivity index (χ4n) is 3.58. The molecule has 168 valence electrons. The molecule has 1 amide bonds. The second-order valence-electron chi connectivity index (χ2n) is 7.47. The van der Waals surface area contributed by atoms with Crippen LogP contribution in [0, 0.1) is 12.7 Å². The van der Waals surface area contributed by atoms with E-state index in [2.05, 4.69) is 15.5 Å². The van der Waals surface area contributed by atoms with E-state index in [1.807, 2.05) is 0 Å². The summed E-state index contributed by atoms with van der Waals surface area (Å²) in [4.78, 5) is 12.7. The van der Waals surface area contributed by atoms with Crippen molar-refractivity contribution in [3.8, 4) is 0 Å². The molecule has 1 fully saturated rings. The van der Waals surface area contributed by atoms with Crippen molar-refractivity contribution < 1.29 is 17.6 Å². The average molecular weight is 495 g/mol. The molecule has 11 heteroatoms. The summed E-state index contributed by atoms with van der Waals surface area (Å²) in [5, 5.41) is 11.9. The molecule has 0 bridgehead atoms. The highest BCUT2D eigenvalue weighted by atomic mass is 35.5. The van der Waals surface area contributed by atoms with Crippen molar-refractivity contribution in [3.05, 3.63) is 68.9 Å². The van der Waals surface area contributed by atoms with Crippen LogP contribution in [0.3, 0.4) is 0 Å². The fourth-order valence-corrected chi connectivity index (χ4v) is 6.44. The maximum atomic E-state index is 13.2. The van der Waals surface area contributed by atoms with Crippen molar-refractivity contribution in [2.24, 2.45) is 0 Å². The van der Waals surface area contributed by atoms with E-state index in [-0.39, 0.29) is 22.4 Å². The molecule has 0 aliphatic carbocycles. The quantitative estimate of drug-likeness (QED) is 0.565.